The van der Waals surface area contributed by atoms with Gasteiger partial charge < -0.3 is 14.4 Å². The Morgan fingerprint density at radius 1 is 1.15 bits per heavy atom. The van der Waals surface area contributed by atoms with Gasteiger partial charge in [-0.05, 0) is 18.6 Å². The first-order chi connectivity index (χ1) is 16.3. The number of aromatic nitrogens is 5. The van der Waals surface area contributed by atoms with Crippen molar-refractivity contribution in [2.45, 2.75) is 25.1 Å². The zero-order valence-electron chi connectivity index (χ0n) is 18.7. The van der Waals surface area contributed by atoms with Crippen LogP contribution in [0.1, 0.15) is 23.9 Å². The maximum Gasteiger partial charge on any atom is 0.179 e. The molecule has 2 aliphatic heterocycles. The number of ether oxygens (including phenoxy) is 2. The highest BCUT2D eigenvalue weighted by Crippen LogP contribution is 2.36. The molecule has 2 atom stereocenters. The predicted octanol–water partition coefficient (Wildman–Crippen LogP) is 2.47. The standard InChI is InChI=1S/C24H27N7O2/c1-32-19-13-21(24-28-27-22-14-25-6-7-31(22)24)30(16-19)15-18-12-17-4-2-3-5-20(17)26-23(18)29-8-10-33-11-9-29/h2-7,12,14,19,21H,8-11,13,15-16H2,1H3/t19-,21+/m1/s1. The average Bonchev–Trinajstić information content (AvgIpc) is 3.48. The van der Waals surface area contributed by atoms with Gasteiger partial charge in [-0.2, -0.15) is 0 Å². The van der Waals surface area contributed by atoms with Crippen molar-refractivity contribution in [2.75, 3.05) is 44.9 Å². The number of hydrogen-bond donors (Lipinski definition) is 0. The lowest BCUT2D eigenvalue weighted by atomic mass is 10.1. The van der Waals surface area contributed by atoms with Gasteiger partial charge in [-0.25, -0.2) is 4.98 Å². The van der Waals surface area contributed by atoms with Crippen molar-refractivity contribution in [1.29, 1.82) is 0 Å². The number of morpholine rings is 1. The van der Waals surface area contributed by atoms with Gasteiger partial charge in [0.05, 0.1) is 37.1 Å². The average molecular weight is 446 g/mol. The van der Waals surface area contributed by atoms with Gasteiger partial charge in [-0.15, -0.1) is 10.2 Å². The molecular weight excluding hydrogens is 418 g/mol. The molecule has 9 heteroatoms. The Kier molecular flexibility index (Phi) is 5.37. The first-order valence-electron chi connectivity index (χ1n) is 11.4. The first kappa shape index (κ1) is 20.5. The van der Waals surface area contributed by atoms with Crippen LogP contribution in [-0.4, -0.2) is 75.5 Å². The maximum atomic E-state index is 5.78. The molecule has 2 aliphatic rings. The molecule has 0 aliphatic carbocycles. The summed E-state index contributed by atoms with van der Waals surface area (Å²) in [5.74, 6) is 1.97. The van der Waals surface area contributed by atoms with E-state index >= 15 is 0 Å². The van der Waals surface area contributed by atoms with Crippen LogP contribution in [0.2, 0.25) is 0 Å². The molecule has 2 saturated heterocycles. The number of hydrogen-bond acceptors (Lipinski definition) is 8. The smallest absolute Gasteiger partial charge is 0.179 e. The number of fused-ring (bicyclic) bond motifs is 2. The highest BCUT2D eigenvalue weighted by Gasteiger charge is 2.37. The molecule has 6 rings (SSSR count). The third-order valence-corrected chi connectivity index (χ3v) is 6.70. The zero-order valence-corrected chi connectivity index (χ0v) is 18.7. The monoisotopic (exact) mass is 445 g/mol. The summed E-state index contributed by atoms with van der Waals surface area (Å²) < 4.78 is 13.4. The number of pyridine rings is 1. The fraction of sp³-hybridized carbons (Fsp3) is 0.417. The second-order valence-electron chi connectivity index (χ2n) is 8.66. The Bertz CT molecular complexity index is 1270. The molecular formula is C24H27N7O2. The van der Waals surface area contributed by atoms with Crippen LogP contribution in [-0.2, 0) is 16.0 Å². The molecule has 0 bridgehead atoms. The van der Waals surface area contributed by atoms with Crippen molar-refractivity contribution >= 4 is 22.4 Å². The van der Waals surface area contributed by atoms with E-state index in [4.69, 9.17) is 14.5 Å². The molecule has 0 saturated carbocycles. The van der Waals surface area contributed by atoms with E-state index in [0.717, 1.165) is 74.0 Å². The summed E-state index contributed by atoms with van der Waals surface area (Å²) in [5.41, 5.74) is 2.99. The molecule has 9 nitrogen and oxygen atoms in total. The molecule has 0 spiro atoms. The largest absolute Gasteiger partial charge is 0.380 e. The lowest BCUT2D eigenvalue weighted by Crippen LogP contribution is -2.38. The van der Waals surface area contributed by atoms with Crippen LogP contribution in [0.15, 0.2) is 48.9 Å². The number of nitrogens with zero attached hydrogens (tertiary/aromatic N) is 7. The molecule has 3 aromatic heterocycles. The molecule has 4 aromatic rings. The lowest BCUT2D eigenvalue weighted by Gasteiger charge is -2.31. The summed E-state index contributed by atoms with van der Waals surface area (Å²) in [6.07, 6.45) is 6.46. The summed E-state index contributed by atoms with van der Waals surface area (Å²) in [6.45, 7) is 4.75. The fourth-order valence-corrected chi connectivity index (χ4v) is 5.01. The summed E-state index contributed by atoms with van der Waals surface area (Å²) in [6, 6.07) is 10.7. The minimum atomic E-state index is 0.0939. The summed E-state index contributed by atoms with van der Waals surface area (Å²) in [4.78, 5) is 14.1. The van der Waals surface area contributed by atoms with Gasteiger partial charge in [0.1, 0.15) is 5.82 Å². The summed E-state index contributed by atoms with van der Waals surface area (Å²) >= 11 is 0. The van der Waals surface area contributed by atoms with Gasteiger partial charge in [-0.3, -0.25) is 14.3 Å². The Hall–Kier alpha value is -3.14. The molecule has 1 aromatic carbocycles. The first-order valence-corrected chi connectivity index (χ1v) is 11.4. The number of methoxy groups -OCH3 is 1. The Balaban J connectivity index is 1.39. The topological polar surface area (TPSA) is 80.9 Å². The number of rotatable bonds is 5. The van der Waals surface area contributed by atoms with E-state index in [1.165, 1.54) is 5.56 Å². The zero-order chi connectivity index (χ0) is 22.2. The van der Waals surface area contributed by atoms with Crippen LogP contribution < -0.4 is 4.90 Å². The molecule has 33 heavy (non-hydrogen) atoms. The predicted molar refractivity (Wildman–Crippen MR) is 124 cm³/mol. The third kappa shape index (κ3) is 3.82. The van der Waals surface area contributed by atoms with Gasteiger partial charge in [0.25, 0.3) is 0 Å². The van der Waals surface area contributed by atoms with Crippen molar-refractivity contribution in [3.05, 3.63) is 60.3 Å². The number of para-hydroxylation sites is 1. The van der Waals surface area contributed by atoms with E-state index in [9.17, 15) is 0 Å². The van der Waals surface area contributed by atoms with Crippen LogP contribution in [0.4, 0.5) is 5.82 Å². The van der Waals surface area contributed by atoms with E-state index < -0.39 is 0 Å². The van der Waals surface area contributed by atoms with Gasteiger partial charge >= 0.3 is 0 Å². The molecule has 170 valence electrons. The van der Waals surface area contributed by atoms with Crippen molar-refractivity contribution < 1.29 is 9.47 Å². The highest BCUT2D eigenvalue weighted by molar-refractivity contribution is 5.81. The van der Waals surface area contributed by atoms with Crippen LogP contribution in [0, 0.1) is 0 Å². The van der Waals surface area contributed by atoms with E-state index in [1.54, 1.807) is 19.5 Å². The molecule has 5 heterocycles. The van der Waals surface area contributed by atoms with Gasteiger partial charge in [0.2, 0.25) is 0 Å². The van der Waals surface area contributed by atoms with Crippen molar-refractivity contribution in [2.24, 2.45) is 0 Å². The molecule has 2 fully saturated rings. The second kappa shape index (κ2) is 8.66. The Morgan fingerprint density at radius 3 is 2.91 bits per heavy atom. The minimum absolute atomic E-state index is 0.0939. The summed E-state index contributed by atoms with van der Waals surface area (Å²) in [7, 11) is 1.79. The minimum Gasteiger partial charge on any atom is -0.380 e. The van der Waals surface area contributed by atoms with Crippen LogP contribution in [0.25, 0.3) is 16.6 Å². The van der Waals surface area contributed by atoms with E-state index in [0.29, 0.717) is 0 Å². The summed E-state index contributed by atoms with van der Waals surface area (Å²) in [5, 5.41) is 10.0. The highest BCUT2D eigenvalue weighted by atomic mass is 16.5. The molecule has 0 unspecified atom stereocenters. The second-order valence-corrected chi connectivity index (χ2v) is 8.66. The van der Waals surface area contributed by atoms with Gasteiger partial charge in [-0.1, -0.05) is 18.2 Å². The number of benzene rings is 1. The van der Waals surface area contributed by atoms with Gasteiger partial charge in [0.15, 0.2) is 11.5 Å². The quantitative estimate of drug-likeness (QED) is 0.464. The third-order valence-electron chi connectivity index (χ3n) is 6.70. The van der Waals surface area contributed by atoms with Gasteiger partial charge in [0, 0.05) is 56.6 Å². The van der Waals surface area contributed by atoms with Crippen LogP contribution >= 0.6 is 0 Å². The van der Waals surface area contributed by atoms with E-state index in [-0.39, 0.29) is 12.1 Å². The lowest BCUT2D eigenvalue weighted by molar-refractivity contribution is 0.107. The molecule has 0 N–H and O–H groups in total. The SMILES string of the molecule is CO[C@@H]1C[C@@H](c2nnc3cnccn23)N(Cc2cc3ccccc3nc2N2CCOCC2)C1. The Labute approximate surface area is 192 Å². The molecule has 0 radical (unpaired) electrons. The van der Waals surface area contributed by atoms with E-state index in [1.807, 2.05) is 16.7 Å². The molecule has 0 amide bonds. The number of anilines is 1. The van der Waals surface area contributed by atoms with Crippen LogP contribution in [0.3, 0.4) is 0 Å². The van der Waals surface area contributed by atoms with E-state index in [2.05, 4.69) is 49.2 Å². The van der Waals surface area contributed by atoms with Crippen molar-refractivity contribution in [3.63, 3.8) is 0 Å². The number of likely N-dealkylation sites (tertiary alicyclic amines) is 1. The van der Waals surface area contributed by atoms with Crippen molar-refractivity contribution in [3.8, 4) is 0 Å². The Morgan fingerprint density at radius 2 is 2.03 bits per heavy atom. The van der Waals surface area contributed by atoms with Crippen LogP contribution in [0.5, 0.6) is 0 Å². The maximum absolute atomic E-state index is 5.78. The fourth-order valence-electron chi connectivity index (χ4n) is 5.01. The normalized spacial score (nSPS) is 21.9. The van der Waals surface area contributed by atoms with Crippen molar-refractivity contribution in [1.82, 2.24) is 29.5 Å².